The Morgan fingerprint density at radius 1 is 1.32 bits per heavy atom. The molecule has 1 aromatic heterocycles. The number of nitrogens with zero attached hydrogens (tertiary/aromatic N) is 4. The molecule has 3 rings (SSSR count). The summed E-state index contributed by atoms with van der Waals surface area (Å²) in [4.78, 5) is 42.8. The van der Waals surface area contributed by atoms with Crippen molar-refractivity contribution in [2.75, 3.05) is 6.61 Å². The number of azide groups is 1. The van der Waals surface area contributed by atoms with Crippen molar-refractivity contribution >= 4 is 14.3 Å². The van der Waals surface area contributed by atoms with E-state index in [4.69, 9.17) is 19.4 Å². The van der Waals surface area contributed by atoms with Crippen LogP contribution in [0.1, 0.15) is 67.9 Å². The zero-order valence-corrected chi connectivity index (χ0v) is 23.3. The number of H-pyrrole nitrogens is 1. The van der Waals surface area contributed by atoms with Crippen LogP contribution < -0.4 is 11.2 Å². The van der Waals surface area contributed by atoms with Gasteiger partial charge in [-0.25, -0.2) is 9.59 Å². The van der Waals surface area contributed by atoms with Crippen LogP contribution in [0.15, 0.2) is 45.2 Å². The smallest absolute Gasteiger partial charge is 0.338 e. The maximum atomic E-state index is 13.3. The van der Waals surface area contributed by atoms with Crippen LogP contribution in [0.2, 0.25) is 18.1 Å². The minimum atomic E-state index is -2.15. The third-order valence-corrected chi connectivity index (χ3v) is 11.7. The summed E-state index contributed by atoms with van der Waals surface area (Å²) in [7, 11) is -2.15. The minimum Gasteiger partial charge on any atom is -0.456 e. The summed E-state index contributed by atoms with van der Waals surface area (Å²) in [6.45, 7) is 14.1. The maximum Gasteiger partial charge on any atom is 0.338 e. The lowest BCUT2D eigenvalue weighted by Crippen LogP contribution is -2.44. The summed E-state index contributed by atoms with van der Waals surface area (Å²) in [6, 6.07) is 6.22. The van der Waals surface area contributed by atoms with E-state index in [2.05, 4.69) is 48.9 Å². The molecule has 0 aliphatic carbocycles. The first-order valence-electron chi connectivity index (χ1n) is 12.2. The van der Waals surface area contributed by atoms with Gasteiger partial charge in [-0.3, -0.25) is 14.3 Å². The van der Waals surface area contributed by atoms with Crippen LogP contribution in [0.5, 0.6) is 0 Å². The molecule has 0 bridgehead atoms. The molecule has 1 aliphatic heterocycles. The minimum absolute atomic E-state index is 0.0412. The van der Waals surface area contributed by atoms with E-state index in [0.717, 1.165) is 0 Å². The fourth-order valence-electron chi connectivity index (χ4n) is 3.84. The van der Waals surface area contributed by atoms with Crippen molar-refractivity contribution in [1.29, 1.82) is 0 Å². The molecular formula is C25H35N5O6Si. The zero-order chi connectivity index (χ0) is 27.5. The fourth-order valence-corrected chi connectivity index (χ4v) is 4.85. The quantitative estimate of drug-likeness (QED) is 0.171. The number of aromatic nitrogens is 2. The van der Waals surface area contributed by atoms with Crippen LogP contribution in [0, 0.1) is 6.92 Å². The first kappa shape index (κ1) is 28.4. The number of hydrogen-bond acceptors (Lipinski definition) is 7. The standard InChI is InChI=1S/C25H35N5O6Si/c1-15-13-30(24(33)27-22(15)31)21-12-19(20(35-21)14-34-37(6,7)25(3,4)5)36-23(32)18-11-9-8-10-17(18)16(2)28-29-26/h8-11,13,16,19-21H,12,14H2,1-7H3,(H,27,31,33)/t16?,19-,20-,21-/m1/s1. The lowest BCUT2D eigenvalue weighted by Gasteiger charge is -2.37. The monoisotopic (exact) mass is 529 g/mol. The van der Waals surface area contributed by atoms with E-state index in [9.17, 15) is 14.4 Å². The van der Waals surface area contributed by atoms with Gasteiger partial charge in [0, 0.05) is 23.1 Å². The van der Waals surface area contributed by atoms with Crippen molar-refractivity contribution < 1.29 is 18.7 Å². The Hall–Kier alpha value is -3.18. The highest BCUT2D eigenvalue weighted by molar-refractivity contribution is 6.74. The number of benzene rings is 1. The van der Waals surface area contributed by atoms with Gasteiger partial charge in [-0.05, 0) is 42.2 Å². The van der Waals surface area contributed by atoms with Crippen LogP contribution >= 0.6 is 0 Å². The predicted octanol–water partition coefficient (Wildman–Crippen LogP) is 4.75. The molecule has 11 nitrogen and oxygen atoms in total. The van der Waals surface area contributed by atoms with Gasteiger partial charge < -0.3 is 13.9 Å². The summed E-state index contributed by atoms with van der Waals surface area (Å²) in [5, 5.41) is 3.67. The van der Waals surface area contributed by atoms with Gasteiger partial charge in [0.05, 0.1) is 18.2 Å². The van der Waals surface area contributed by atoms with Gasteiger partial charge in [-0.15, -0.1) is 0 Å². The lowest BCUT2D eigenvalue weighted by molar-refractivity contribution is -0.0498. The number of aryl methyl sites for hydroxylation is 1. The van der Waals surface area contributed by atoms with Crippen molar-refractivity contribution in [3.63, 3.8) is 0 Å². The second-order valence-corrected chi connectivity index (χ2v) is 15.6. The molecule has 200 valence electrons. The lowest BCUT2D eigenvalue weighted by atomic mass is 10.0. The molecule has 0 saturated carbocycles. The molecule has 37 heavy (non-hydrogen) atoms. The molecule has 0 amide bonds. The van der Waals surface area contributed by atoms with Gasteiger partial charge in [-0.1, -0.05) is 51.0 Å². The highest BCUT2D eigenvalue weighted by Crippen LogP contribution is 2.38. The second kappa shape index (κ2) is 11.1. The molecule has 1 fully saturated rings. The Kier molecular flexibility index (Phi) is 8.48. The largest absolute Gasteiger partial charge is 0.456 e. The molecule has 0 spiro atoms. The van der Waals surface area contributed by atoms with Gasteiger partial charge in [0.15, 0.2) is 8.32 Å². The molecule has 0 radical (unpaired) electrons. The summed E-state index contributed by atoms with van der Waals surface area (Å²) in [5.74, 6) is -0.591. The number of carbonyl (C=O) groups is 1. The number of ether oxygens (including phenoxy) is 2. The number of aromatic amines is 1. The van der Waals surface area contributed by atoms with Gasteiger partial charge in [-0.2, -0.15) is 0 Å². The summed E-state index contributed by atoms with van der Waals surface area (Å²) >= 11 is 0. The normalized spacial score (nSPS) is 20.8. The third-order valence-electron chi connectivity index (χ3n) is 7.17. The van der Waals surface area contributed by atoms with Crippen LogP contribution in [0.4, 0.5) is 0 Å². The van der Waals surface area contributed by atoms with E-state index >= 15 is 0 Å². The van der Waals surface area contributed by atoms with E-state index in [0.29, 0.717) is 11.1 Å². The Morgan fingerprint density at radius 2 is 2.00 bits per heavy atom. The number of carbonyl (C=O) groups excluding carboxylic acids is 1. The molecule has 1 aromatic carbocycles. The summed E-state index contributed by atoms with van der Waals surface area (Å²) in [6.07, 6.45) is -0.477. The van der Waals surface area contributed by atoms with Crippen LogP contribution in [0.25, 0.3) is 10.4 Å². The third kappa shape index (κ3) is 6.39. The van der Waals surface area contributed by atoms with E-state index < -0.39 is 50.0 Å². The zero-order valence-electron chi connectivity index (χ0n) is 22.3. The molecule has 2 aromatic rings. The Bertz CT molecular complexity index is 1310. The van der Waals surface area contributed by atoms with Gasteiger partial charge in [0.25, 0.3) is 5.56 Å². The molecule has 1 saturated heterocycles. The fraction of sp³-hybridized carbons (Fsp3) is 0.560. The Morgan fingerprint density at radius 3 is 2.65 bits per heavy atom. The van der Waals surface area contributed by atoms with Gasteiger partial charge >= 0.3 is 11.7 Å². The average molecular weight is 530 g/mol. The number of esters is 1. The van der Waals surface area contributed by atoms with Gasteiger partial charge in [0.1, 0.15) is 18.4 Å². The maximum absolute atomic E-state index is 13.3. The van der Waals surface area contributed by atoms with Crippen LogP contribution in [-0.4, -0.2) is 42.7 Å². The van der Waals surface area contributed by atoms with Crippen molar-refractivity contribution in [3.05, 3.63) is 78.4 Å². The number of rotatable bonds is 8. The van der Waals surface area contributed by atoms with Crippen molar-refractivity contribution in [3.8, 4) is 0 Å². The van der Waals surface area contributed by atoms with E-state index in [1.165, 1.54) is 10.8 Å². The molecule has 12 heteroatoms. The molecule has 4 atom stereocenters. The Balaban J connectivity index is 1.90. The molecule has 2 heterocycles. The van der Waals surface area contributed by atoms with Crippen molar-refractivity contribution in [1.82, 2.24) is 9.55 Å². The van der Waals surface area contributed by atoms with Crippen molar-refractivity contribution in [2.24, 2.45) is 5.11 Å². The highest BCUT2D eigenvalue weighted by Gasteiger charge is 2.43. The topological polar surface area (TPSA) is 148 Å². The predicted molar refractivity (Wildman–Crippen MR) is 141 cm³/mol. The summed E-state index contributed by atoms with van der Waals surface area (Å²) in [5.41, 5.74) is 8.95. The highest BCUT2D eigenvalue weighted by atomic mass is 28.4. The number of nitrogens with one attached hydrogen (secondary N) is 1. The SMILES string of the molecule is Cc1cn([C@H]2C[C@@H](OC(=O)c3ccccc3C(C)N=[N+]=[N-])[C@@H](CO[Si](C)(C)C(C)(C)C)O2)c(=O)[nH]c1=O. The molecular weight excluding hydrogens is 494 g/mol. The van der Waals surface area contributed by atoms with Crippen molar-refractivity contribution in [2.45, 2.75) is 83.6 Å². The second-order valence-electron chi connectivity index (χ2n) is 10.8. The summed E-state index contributed by atoms with van der Waals surface area (Å²) < 4.78 is 19.8. The van der Waals surface area contributed by atoms with Gasteiger partial charge in [0.2, 0.25) is 0 Å². The molecule has 1 N–H and O–H groups in total. The van der Waals surface area contributed by atoms with Crippen LogP contribution in [0.3, 0.4) is 0 Å². The van der Waals surface area contributed by atoms with Crippen LogP contribution in [-0.2, 0) is 13.9 Å². The van der Waals surface area contributed by atoms with E-state index in [-0.39, 0.29) is 23.6 Å². The molecule has 1 unspecified atom stereocenters. The number of hydrogen-bond donors (Lipinski definition) is 1. The average Bonchev–Trinajstić information content (AvgIpc) is 3.21. The first-order chi connectivity index (χ1) is 17.2. The Labute approximate surface area is 216 Å². The first-order valence-corrected chi connectivity index (χ1v) is 15.1. The van der Waals surface area contributed by atoms with E-state index in [1.807, 2.05) is 0 Å². The van der Waals surface area contributed by atoms with E-state index in [1.54, 1.807) is 38.1 Å². The molecule has 1 aliphatic rings.